The summed E-state index contributed by atoms with van der Waals surface area (Å²) in [5, 5.41) is 18.7. The third-order valence-electron chi connectivity index (χ3n) is 6.98. The van der Waals surface area contributed by atoms with Gasteiger partial charge in [0, 0.05) is 30.8 Å². The third-order valence-corrected chi connectivity index (χ3v) is 7.74. The molecule has 2 aliphatic rings. The molecule has 0 saturated carbocycles. The number of allylic oxidation sites excluding steroid dienone is 2. The molecule has 2 aromatic carbocycles. The van der Waals surface area contributed by atoms with E-state index in [1.54, 1.807) is 39.8 Å². The molecular formula is C34H50N2O3S. The highest BCUT2D eigenvalue weighted by molar-refractivity contribution is 7.99. The highest BCUT2D eigenvalue weighted by Crippen LogP contribution is 2.48. The second-order valence-electron chi connectivity index (χ2n) is 11.5. The molecular weight excluding hydrogens is 516 g/mol. The van der Waals surface area contributed by atoms with E-state index in [0.717, 1.165) is 38.2 Å². The third kappa shape index (κ3) is 8.66. The summed E-state index contributed by atoms with van der Waals surface area (Å²) in [6.07, 6.45) is 7.21. The fourth-order valence-corrected chi connectivity index (χ4v) is 5.87. The van der Waals surface area contributed by atoms with Crippen molar-refractivity contribution >= 4 is 23.2 Å². The molecule has 0 bridgehead atoms. The van der Waals surface area contributed by atoms with Crippen molar-refractivity contribution in [3.05, 3.63) is 78.1 Å². The fraction of sp³-hybridized carbons (Fsp3) is 0.471. The SMILES string of the molecule is C=C.C=C(O)Cc1c(C2=CCN(C(C)C)CCC2)cc2c(c1C)N(SC)Cc1cc(OC)ccc1-2.CC(C)(C)O. The predicted molar refractivity (Wildman–Crippen MR) is 175 cm³/mol. The average molecular weight is 567 g/mol. The van der Waals surface area contributed by atoms with Gasteiger partial charge in [-0.1, -0.05) is 30.7 Å². The lowest BCUT2D eigenvalue weighted by Gasteiger charge is -2.34. The van der Waals surface area contributed by atoms with Gasteiger partial charge in [-0.25, -0.2) is 0 Å². The van der Waals surface area contributed by atoms with Crippen molar-refractivity contribution in [3.63, 3.8) is 0 Å². The first kappa shape index (κ1) is 33.5. The molecule has 4 rings (SSSR count). The molecule has 2 heterocycles. The number of aliphatic hydroxyl groups excluding tert-OH is 1. The lowest BCUT2D eigenvalue weighted by atomic mass is 9.83. The summed E-state index contributed by atoms with van der Waals surface area (Å²) in [4.78, 5) is 2.53. The van der Waals surface area contributed by atoms with Crippen molar-refractivity contribution in [2.45, 2.75) is 79.0 Å². The van der Waals surface area contributed by atoms with Crippen LogP contribution in [0.4, 0.5) is 5.69 Å². The maximum absolute atomic E-state index is 10.2. The number of aliphatic hydroxyl groups is 2. The Bertz CT molecular complexity index is 1190. The zero-order chi connectivity index (χ0) is 30.2. The van der Waals surface area contributed by atoms with Gasteiger partial charge in [-0.3, -0.25) is 4.90 Å². The zero-order valence-electron chi connectivity index (χ0n) is 25.9. The summed E-state index contributed by atoms with van der Waals surface area (Å²) in [5.74, 6) is 1.11. The van der Waals surface area contributed by atoms with Crippen molar-refractivity contribution in [2.24, 2.45) is 0 Å². The highest BCUT2D eigenvalue weighted by atomic mass is 32.2. The van der Waals surface area contributed by atoms with Gasteiger partial charge in [-0.2, -0.15) is 0 Å². The van der Waals surface area contributed by atoms with Crippen LogP contribution in [0.1, 0.15) is 69.7 Å². The topological polar surface area (TPSA) is 56.2 Å². The maximum atomic E-state index is 10.2. The first-order valence-electron chi connectivity index (χ1n) is 14.0. The Kier molecular flexibility index (Phi) is 12.4. The van der Waals surface area contributed by atoms with Gasteiger partial charge in [0.2, 0.25) is 0 Å². The molecule has 0 saturated heterocycles. The van der Waals surface area contributed by atoms with Crippen LogP contribution in [-0.2, 0) is 13.0 Å². The fourth-order valence-electron chi connectivity index (χ4n) is 5.18. The summed E-state index contributed by atoms with van der Waals surface area (Å²) in [7, 11) is 1.72. The van der Waals surface area contributed by atoms with Gasteiger partial charge in [0.25, 0.3) is 0 Å². The average Bonchev–Trinajstić information content (AvgIpc) is 3.15. The minimum atomic E-state index is -0.500. The standard InChI is InChI=1S/C28H36N2O2S.C4H10O.C2H4/c1-18(2)29-12-7-8-21(11-13-29)26-16-27-24-10-9-23(32-5)15-22(24)17-30(33-6)28(27)20(4)25(26)14-19(3)31;1-4(2,3)5;1-2/h9-11,15-16,18,31H,3,7-8,12-14,17H2,1-2,4-6H3;5H,1-3H3;1-2H2. The normalized spacial score (nSPS) is 14.9. The van der Waals surface area contributed by atoms with Crippen LogP contribution in [0.3, 0.4) is 0 Å². The lowest BCUT2D eigenvalue weighted by Crippen LogP contribution is -2.31. The van der Waals surface area contributed by atoms with Gasteiger partial charge < -0.3 is 19.3 Å². The Hall–Kier alpha value is -2.67. The number of hydrogen-bond acceptors (Lipinski definition) is 6. The first-order chi connectivity index (χ1) is 18.8. The molecule has 0 amide bonds. The van der Waals surface area contributed by atoms with Crippen molar-refractivity contribution in [2.75, 3.05) is 30.8 Å². The van der Waals surface area contributed by atoms with E-state index in [2.05, 4.69) is 86.3 Å². The van der Waals surface area contributed by atoms with E-state index in [-0.39, 0.29) is 5.76 Å². The van der Waals surface area contributed by atoms with E-state index < -0.39 is 5.60 Å². The molecule has 0 aliphatic carbocycles. The molecule has 2 N–H and O–H groups in total. The van der Waals surface area contributed by atoms with Gasteiger partial charge >= 0.3 is 0 Å². The molecule has 0 fully saturated rings. The molecule has 0 radical (unpaired) electrons. The number of nitrogens with zero attached hydrogens (tertiary/aromatic N) is 2. The van der Waals surface area contributed by atoms with Crippen LogP contribution in [0.25, 0.3) is 16.7 Å². The Balaban J connectivity index is 0.000000722. The van der Waals surface area contributed by atoms with E-state index in [1.807, 2.05) is 0 Å². The Morgan fingerprint density at radius 3 is 2.33 bits per heavy atom. The number of hydrogen-bond donors (Lipinski definition) is 2. The molecule has 0 spiro atoms. The summed E-state index contributed by atoms with van der Waals surface area (Å²) in [6.45, 7) is 24.7. The molecule has 2 aliphatic heterocycles. The number of fused-ring (bicyclic) bond motifs is 3. The first-order valence-corrected chi connectivity index (χ1v) is 15.2. The van der Waals surface area contributed by atoms with E-state index in [4.69, 9.17) is 9.84 Å². The summed E-state index contributed by atoms with van der Waals surface area (Å²) in [5.41, 5.74) is 9.64. The van der Waals surface area contributed by atoms with Crippen molar-refractivity contribution in [1.82, 2.24) is 4.90 Å². The highest BCUT2D eigenvalue weighted by Gasteiger charge is 2.28. The molecule has 0 atom stereocenters. The maximum Gasteiger partial charge on any atom is 0.119 e. The Morgan fingerprint density at radius 2 is 1.77 bits per heavy atom. The second kappa shape index (κ2) is 14.8. The molecule has 2 aromatic rings. The monoisotopic (exact) mass is 566 g/mol. The Morgan fingerprint density at radius 1 is 1.12 bits per heavy atom. The minimum absolute atomic E-state index is 0.217. The van der Waals surface area contributed by atoms with Gasteiger partial charge in [-0.15, -0.1) is 13.2 Å². The zero-order valence-corrected chi connectivity index (χ0v) is 26.7. The number of anilines is 1. The van der Waals surface area contributed by atoms with Gasteiger partial charge in [-0.05, 0) is 113 Å². The van der Waals surface area contributed by atoms with Crippen molar-refractivity contribution in [1.29, 1.82) is 0 Å². The van der Waals surface area contributed by atoms with Crippen LogP contribution in [0.2, 0.25) is 0 Å². The number of methoxy groups -OCH3 is 1. The molecule has 0 unspecified atom stereocenters. The summed E-state index contributed by atoms with van der Waals surface area (Å²) >= 11 is 1.74. The predicted octanol–water partition coefficient (Wildman–Crippen LogP) is 8.35. The van der Waals surface area contributed by atoms with Crippen LogP contribution in [0.15, 0.2) is 55.8 Å². The molecule has 40 heavy (non-hydrogen) atoms. The van der Waals surface area contributed by atoms with Gasteiger partial charge in [0.15, 0.2) is 0 Å². The smallest absolute Gasteiger partial charge is 0.119 e. The summed E-state index contributed by atoms with van der Waals surface area (Å²) < 4.78 is 7.87. The number of rotatable bonds is 6. The Labute approximate surface area is 247 Å². The van der Waals surface area contributed by atoms with E-state index >= 15 is 0 Å². The van der Waals surface area contributed by atoms with E-state index in [1.165, 1.54) is 44.6 Å². The van der Waals surface area contributed by atoms with Gasteiger partial charge in [0.1, 0.15) is 5.75 Å². The van der Waals surface area contributed by atoms with Crippen LogP contribution in [-0.4, -0.2) is 53.2 Å². The van der Waals surface area contributed by atoms with Crippen LogP contribution in [0, 0.1) is 6.92 Å². The van der Waals surface area contributed by atoms with Crippen molar-refractivity contribution < 1.29 is 14.9 Å². The lowest BCUT2D eigenvalue weighted by molar-refractivity contribution is 0.102. The van der Waals surface area contributed by atoms with Crippen LogP contribution >= 0.6 is 11.9 Å². The van der Waals surface area contributed by atoms with Crippen molar-refractivity contribution in [3.8, 4) is 16.9 Å². The van der Waals surface area contributed by atoms with Crippen LogP contribution < -0.4 is 9.04 Å². The summed E-state index contributed by atoms with van der Waals surface area (Å²) in [6, 6.07) is 9.32. The quantitative estimate of drug-likeness (QED) is 0.208. The second-order valence-corrected chi connectivity index (χ2v) is 12.3. The van der Waals surface area contributed by atoms with Gasteiger partial charge in [0.05, 0.1) is 30.7 Å². The largest absolute Gasteiger partial charge is 0.513 e. The number of benzene rings is 2. The molecule has 220 valence electrons. The minimum Gasteiger partial charge on any atom is -0.513 e. The molecule has 6 heteroatoms. The van der Waals surface area contributed by atoms with E-state index in [0.29, 0.717) is 12.5 Å². The van der Waals surface area contributed by atoms with Crippen LogP contribution in [0.5, 0.6) is 5.75 Å². The molecule has 0 aromatic heterocycles. The molecule has 5 nitrogen and oxygen atoms in total. The number of ether oxygens (including phenoxy) is 1. The van der Waals surface area contributed by atoms with E-state index in [9.17, 15) is 5.11 Å².